The second-order valence-electron chi connectivity index (χ2n) is 9.24. The van der Waals surface area contributed by atoms with Gasteiger partial charge in [-0.25, -0.2) is 0 Å². The number of piperidine rings is 1. The molecular formula is C24H28F3N2O2-. The number of carbonyl (C=O) groups is 1. The van der Waals surface area contributed by atoms with Gasteiger partial charge in [-0.05, 0) is 47.9 Å². The molecule has 2 aromatic carbocycles. The molecule has 1 amide bonds. The van der Waals surface area contributed by atoms with Gasteiger partial charge < -0.3 is 20.1 Å². The summed E-state index contributed by atoms with van der Waals surface area (Å²) in [5.41, 5.74) is 1.45. The van der Waals surface area contributed by atoms with E-state index in [1.165, 1.54) is 17.0 Å². The van der Waals surface area contributed by atoms with E-state index in [1.807, 2.05) is 45.0 Å². The zero-order chi connectivity index (χ0) is 22.8. The average Bonchev–Trinajstić information content (AvgIpc) is 2.68. The van der Waals surface area contributed by atoms with Crippen molar-refractivity contribution in [2.75, 3.05) is 11.9 Å². The highest BCUT2D eigenvalue weighted by molar-refractivity contribution is 5.63. The summed E-state index contributed by atoms with van der Waals surface area (Å²) in [6.45, 7) is 6.42. The first-order valence-corrected chi connectivity index (χ1v) is 10.4. The molecule has 1 fully saturated rings. The predicted octanol–water partition coefficient (Wildman–Crippen LogP) is 4.93. The Morgan fingerprint density at radius 3 is 2.48 bits per heavy atom. The molecule has 3 rings (SSSR count). The molecule has 1 aliphatic rings. The summed E-state index contributed by atoms with van der Waals surface area (Å²) in [4.78, 5) is 13.0. The number of amides is 1. The van der Waals surface area contributed by atoms with Gasteiger partial charge in [-0.15, -0.1) is 0 Å². The first-order chi connectivity index (χ1) is 14.4. The summed E-state index contributed by atoms with van der Waals surface area (Å²) in [7, 11) is 0. The maximum Gasteiger partial charge on any atom is 0.416 e. The lowest BCUT2D eigenvalue weighted by molar-refractivity contribution is -0.271. The van der Waals surface area contributed by atoms with Crippen molar-refractivity contribution in [2.24, 2.45) is 5.41 Å². The Morgan fingerprint density at radius 1 is 1.13 bits per heavy atom. The number of carbonyl (C=O) groups excluding carboxylic acids is 1. The van der Waals surface area contributed by atoms with Gasteiger partial charge in [-0.2, -0.15) is 13.2 Å². The molecule has 2 atom stereocenters. The third-order valence-electron chi connectivity index (χ3n) is 5.86. The number of hydrogen-bond acceptors (Lipinski definition) is 3. The van der Waals surface area contributed by atoms with Crippen LogP contribution in [0.3, 0.4) is 0 Å². The number of alkyl halides is 3. The van der Waals surface area contributed by atoms with E-state index in [0.717, 1.165) is 17.3 Å². The lowest BCUT2D eigenvalue weighted by Gasteiger charge is -2.47. The smallest absolute Gasteiger partial charge is 0.416 e. The first-order valence-electron chi connectivity index (χ1n) is 10.4. The summed E-state index contributed by atoms with van der Waals surface area (Å²) < 4.78 is 39.2. The fourth-order valence-corrected chi connectivity index (χ4v) is 4.25. The molecule has 2 aromatic rings. The van der Waals surface area contributed by atoms with Crippen molar-refractivity contribution in [1.29, 1.82) is 0 Å². The van der Waals surface area contributed by atoms with Crippen LogP contribution >= 0.6 is 0 Å². The Morgan fingerprint density at radius 2 is 1.84 bits per heavy atom. The zero-order valence-electron chi connectivity index (χ0n) is 18.0. The number of hydrogen-bond donors (Lipinski definition) is 1. The van der Waals surface area contributed by atoms with Crippen LogP contribution in [0.4, 0.5) is 23.7 Å². The zero-order valence-corrected chi connectivity index (χ0v) is 18.0. The molecule has 1 N–H and O–H groups in total. The number of para-hydroxylation sites is 1. The van der Waals surface area contributed by atoms with Crippen molar-refractivity contribution in [1.82, 2.24) is 4.90 Å². The number of anilines is 1. The molecule has 4 nitrogen and oxygen atoms in total. The normalized spacial score (nSPS) is 19.9. The highest BCUT2D eigenvalue weighted by Crippen LogP contribution is 2.34. The van der Waals surface area contributed by atoms with Crippen LogP contribution in [0, 0.1) is 5.41 Å². The Kier molecular flexibility index (Phi) is 6.53. The van der Waals surface area contributed by atoms with E-state index >= 15 is 0 Å². The molecule has 0 bridgehead atoms. The van der Waals surface area contributed by atoms with Crippen LogP contribution in [0.25, 0.3) is 0 Å². The predicted molar refractivity (Wildman–Crippen MR) is 113 cm³/mol. The minimum atomic E-state index is -4.37. The van der Waals surface area contributed by atoms with Gasteiger partial charge in [0, 0.05) is 24.3 Å². The molecule has 0 radical (unpaired) electrons. The quantitative estimate of drug-likeness (QED) is 0.744. The van der Waals surface area contributed by atoms with Crippen molar-refractivity contribution in [3.8, 4) is 0 Å². The van der Waals surface area contributed by atoms with Crippen molar-refractivity contribution >= 4 is 11.8 Å². The number of halogens is 3. The summed E-state index contributed by atoms with van der Waals surface area (Å²) in [5.74, 6) is 0. The van der Waals surface area contributed by atoms with E-state index < -0.39 is 17.8 Å². The Bertz CT molecular complexity index is 922. The number of carboxylic acid groups (broad SMARTS) is 1. The Balaban J connectivity index is 1.78. The molecule has 1 saturated heterocycles. The van der Waals surface area contributed by atoms with Crippen LogP contribution in [0.1, 0.15) is 50.3 Å². The number of nitrogens with zero attached hydrogens (tertiary/aromatic N) is 1. The van der Waals surface area contributed by atoms with Gasteiger partial charge in [0.05, 0.1) is 5.56 Å². The monoisotopic (exact) mass is 433 g/mol. The standard InChI is InChI=1S/C24H29F3N2O2/c1-23(2,3)21-15-19(11-12-29(21)22(30)31)28-20-10-5-4-8-17(20)13-16-7-6-9-18(14-16)24(25,26)27/h4-10,14,19,21,28H,11-13,15H2,1-3H3,(H,30,31)/p-1. The van der Waals surface area contributed by atoms with Gasteiger partial charge >= 0.3 is 6.18 Å². The third kappa shape index (κ3) is 5.71. The van der Waals surface area contributed by atoms with Crippen LogP contribution < -0.4 is 10.4 Å². The van der Waals surface area contributed by atoms with E-state index in [4.69, 9.17) is 0 Å². The molecule has 7 heteroatoms. The van der Waals surface area contributed by atoms with Crippen molar-refractivity contribution in [2.45, 2.75) is 58.3 Å². The van der Waals surface area contributed by atoms with Gasteiger partial charge in [-0.1, -0.05) is 57.2 Å². The summed E-state index contributed by atoms with van der Waals surface area (Å²) in [6.07, 6.45) is -3.88. The molecule has 31 heavy (non-hydrogen) atoms. The van der Waals surface area contributed by atoms with Crippen LogP contribution in [-0.4, -0.2) is 29.6 Å². The fraction of sp³-hybridized carbons (Fsp3) is 0.458. The fourth-order valence-electron chi connectivity index (χ4n) is 4.25. The van der Waals surface area contributed by atoms with Crippen molar-refractivity contribution < 1.29 is 23.1 Å². The van der Waals surface area contributed by atoms with Crippen LogP contribution in [0.2, 0.25) is 0 Å². The highest BCUT2D eigenvalue weighted by Gasteiger charge is 2.36. The van der Waals surface area contributed by atoms with Gasteiger partial charge in [0.1, 0.15) is 6.09 Å². The number of rotatable bonds is 4. The average molecular weight is 433 g/mol. The second kappa shape index (κ2) is 8.81. The molecular weight excluding hydrogens is 405 g/mol. The van der Waals surface area contributed by atoms with Crippen LogP contribution in [0.5, 0.6) is 0 Å². The lowest BCUT2D eigenvalue weighted by atomic mass is 9.79. The largest absolute Gasteiger partial charge is 0.530 e. The number of likely N-dealkylation sites (tertiary alicyclic amines) is 1. The molecule has 1 heterocycles. The van der Waals surface area contributed by atoms with E-state index in [-0.39, 0.29) is 17.5 Å². The second-order valence-corrected chi connectivity index (χ2v) is 9.24. The maximum atomic E-state index is 13.1. The van der Waals surface area contributed by atoms with E-state index in [2.05, 4.69) is 5.32 Å². The van der Waals surface area contributed by atoms with Gasteiger partial charge in [0.2, 0.25) is 0 Å². The topological polar surface area (TPSA) is 55.4 Å². The van der Waals surface area contributed by atoms with Crippen LogP contribution in [0.15, 0.2) is 48.5 Å². The van der Waals surface area contributed by atoms with Crippen molar-refractivity contribution in [3.63, 3.8) is 0 Å². The minimum Gasteiger partial charge on any atom is -0.530 e. The summed E-state index contributed by atoms with van der Waals surface area (Å²) in [6, 6.07) is 12.8. The lowest BCUT2D eigenvalue weighted by Crippen LogP contribution is -2.57. The Hall–Kier alpha value is -2.70. The van der Waals surface area contributed by atoms with Gasteiger partial charge in [0.15, 0.2) is 0 Å². The van der Waals surface area contributed by atoms with E-state index in [0.29, 0.717) is 31.4 Å². The molecule has 1 aliphatic heterocycles. The Labute approximate surface area is 181 Å². The molecule has 0 aliphatic carbocycles. The molecule has 0 spiro atoms. The summed E-state index contributed by atoms with van der Waals surface area (Å²) >= 11 is 0. The maximum absolute atomic E-state index is 13.1. The molecule has 168 valence electrons. The van der Waals surface area contributed by atoms with E-state index in [9.17, 15) is 23.1 Å². The molecule has 0 saturated carbocycles. The molecule has 0 aromatic heterocycles. The summed E-state index contributed by atoms with van der Waals surface area (Å²) in [5, 5.41) is 15.1. The third-order valence-corrected chi connectivity index (χ3v) is 5.86. The highest BCUT2D eigenvalue weighted by atomic mass is 19.4. The van der Waals surface area contributed by atoms with Gasteiger partial charge in [-0.3, -0.25) is 0 Å². The van der Waals surface area contributed by atoms with Crippen LogP contribution in [-0.2, 0) is 12.6 Å². The van der Waals surface area contributed by atoms with Crippen molar-refractivity contribution in [3.05, 3.63) is 65.2 Å². The minimum absolute atomic E-state index is 0.0579. The van der Waals surface area contributed by atoms with Gasteiger partial charge in [0.25, 0.3) is 0 Å². The first kappa shape index (κ1) is 23.0. The number of benzene rings is 2. The molecule has 2 unspecified atom stereocenters. The number of nitrogens with one attached hydrogen (secondary N) is 1. The van der Waals surface area contributed by atoms with E-state index in [1.54, 1.807) is 6.07 Å². The SMILES string of the molecule is CC(C)(C)C1CC(Nc2ccccc2Cc2cccc(C(F)(F)F)c2)CCN1C(=O)[O-].